The lowest BCUT2D eigenvalue weighted by Crippen LogP contribution is -2.51. The monoisotopic (exact) mass is 205 g/mol. The third-order valence-electron chi connectivity index (χ3n) is 1.82. The molecule has 84 valence electrons. The highest BCUT2D eigenvalue weighted by molar-refractivity contribution is 5.76. The van der Waals surface area contributed by atoms with Crippen molar-refractivity contribution in [3.63, 3.8) is 0 Å². The molecule has 14 heavy (non-hydrogen) atoms. The predicted molar refractivity (Wildman–Crippen MR) is 51.8 cm³/mol. The Hall–Kier alpha value is -0.650. The van der Waals surface area contributed by atoms with Crippen LogP contribution < -0.4 is 5.32 Å². The van der Waals surface area contributed by atoms with Crippen LogP contribution in [0.5, 0.6) is 0 Å². The lowest BCUT2D eigenvalue weighted by molar-refractivity contribution is -0.125. The van der Waals surface area contributed by atoms with E-state index in [0.717, 1.165) is 0 Å². The van der Waals surface area contributed by atoms with Crippen LogP contribution in [0, 0.1) is 0 Å². The Morgan fingerprint density at radius 2 is 2.00 bits per heavy atom. The van der Waals surface area contributed by atoms with Crippen molar-refractivity contribution < 1.29 is 19.7 Å². The second-order valence-electron chi connectivity index (χ2n) is 3.37. The van der Waals surface area contributed by atoms with Gasteiger partial charge in [0.05, 0.1) is 25.4 Å². The molecule has 0 saturated carbocycles. The molecule has 0 fully saturated rings. The van der Waals surface area contributed by atoms with Gasteiger partial charge in [-0.05, 0) is 13.8 Å². The standard InChI is InChI=1S/C9H19NO4/c1-3-14-5-4-8(13)10-9(2,6-11)7-12/h11-12H,3-7H2,1-2H3,(H,10,13). The van der Waals surface area contributed by atoms with Gasteiger partial charge in [-0.2, -0.15) is 0 Å². The summed E-state index contributed by atoms with van der Waals surface area (Å²) < 4.78 is 5.00. The number of ether oxygens (including phenoxy) is 1. The molecular weight excluding hydrogens is 186 g/mol. The topological polar surface area (TPSA) is 78.8 Å². The number of rotatable bonds is 7. The van der Waals surface area contributed by atoms with Crippen molar-refractivity contribution in [2.45, 2.75) is 25.8 Å². The second kappa shape index (κ2) is 6.75. The molecule has 0 aliphatic carbocycles. The van der Waals surface area contributed by atoms with Crippen LogP contribution in [0.2, 0.25) is 0 Å². The zero-order valence-corrected chi connectivity index (χ0v) is 8.75. The Bertz CT molecular complexity index is 168. The molecule has 0 radical (unpaired) electrons. The molecule has 0 aliphatic heterocycles. The van der Waals surface area contributed by atoms with Crippen molar-refractivity contribution in [3.8, 4) is 0 Å². The molecule has 0 bridgehead atoms. The number of amides is 1. The number of hydrogen-bond acceptors (Lipinski definition) is 4. The minimum atomic E-state index is -0.941. The SMILES string of the molecule is CCOCCC(=O)NC(C)(CO)CO. The molecule has 0 atom stereocenters. The Morgan fingerprint density at radius 1 is 1.43 bits per heavy atom. The quantitative estimate of drug-likeness (QED) is 0.479. The molecule has 0 aliphatic rings. The summed E-state index contributed by atoms with van der Waals surface area (Å²) in [6.07, 6.45) is 0.240. The summed E-state index contributed by atoms with van der Waals surface area (Å²) in [7, 11) is 0. The van der Waals surface area contributed by atoms with Crippen molar-refractivity contribution in [3.05, 3.63) is 0 Å². The summed E-state index contributed by atoms with van der Waals surface area (Å²) in [6, 6.07) is 0. The zero-order valence-electron chi connectivity index (χ0n) is 8.75. The molecule has 0 unspecified atom stereocenters. The van der Waals surface area contributed by atoms with Gasteiger partial charge in [-0.15, -0.1) is 0 Å². The van der Waals surface area contributed by atoms with Gasteiger partial charge in [0.25, 0.3) is 0 Å². The Labute approximate surface area is 84.1 Å². The van der Waals surface area contributed by atoms with E-state index in [0.29, 0.717) is 13.2 Å². The van der Waals surface area contributed by atoms with Crippen LogP contribution in [0.15, 0.2) is 0 Å². The molecule has 3 N–H and O–H groups in total. The maximum atomic E-state index is 11.2. The van der Waals surface area contributed by atoms with Gasteiger partial charge >= 0.3 is 0 Å². The minimum Gasteiger partial charge on any atom is -0.394 e. The van der Waals surface area contributed by atoms with Gasteiger partial charge < -0.3 is 20.3 Å². The number of hydrogen-bond donors (Lipinski definition) is 3. The number of carbonyl (C=O) groups is 1. The molecule has 5 nitrogen and oxygen atoms in total. The highest BCUT2D eigenvalue weighted by atomic mass is 16.5. The summed E-state index contributed by atoms with van der Waals surface area (Å²) in [5, 5.41) is 20.3. The Balaban J connectivity index is 3.80. The number of aliphatic hydroxyl groups is 2. The van der Waals surface area contributed by atoms with E-state index in [1.807, 2.05) is 6.92 Å². The van der Waals surface area contributed by atoms with Gasteiger partial charge in [0.2, 0.25) is 5.91 Å². The number of carbonyl (C=O) groups excluding carboxylic acids is 1. The molecule has 0 rings (SSSR count). The van der Waals surface area contributed by atoms with E-state index >= 15 is 0 Å². The maximum absolute atomic E-state index is 11.2. The molecular formula is C9H19NO4. The normalized spacial score (nSPS) is 11.4. The summed E-state index contributed by atoms with van der Waals surface area (Å²) in [6.45, 7) is 3.78. The van der Waals surface area contributed by atoms with Crippen LogP contribution >= 0.6 is 0 Å². The fraction of sp³-hybridized carbons (Fsp3) is 0.889. The number of nitrogens with one attached hydrogen (secondary N) is 1. The van der Waals surface area contributed by atoms with Crippen molar-refractivity contribution in [2.24, 2.45) is 0 Å². The van der Waals surface area contributed by atoms with E-state index in [2.05, 4.69) is 5.32 Å². The van der Waals surface area contributed by atoms with E-state index < -0.39 is 5.54 Å². The highest BCUT2D eigenvalue weighted by Gasteiger charge is 2.23. The van der Waals surface area contributed by atoms with Crippen LogP contribution in [0.25, 0.3) is 0 Å². The zero-order chi connectivity index (χ0) is 11.0. The van der Waals surface area contributed by atoms with Crippen LogP contribution in [0.1, 0.15) is 20.3 Å². The first-order valence-electron chi connectivity index (χ1n) is 4.68. The minimum absolute atomic E-state index is 0.232. The van der Waals surface area contributed by atoms with Crippen molar-refractivity contribution in [1.82, 2.24) is 5.32 Å². The van der Waals surface area contributed by atoms with E-state index in [1.54, 1.807) is 6.92 Å². The molecule has 5 heteroatoms. The molecule has 0 saturated heterocycles. The van der Waals surface area contributed by atoms with Crippen molar-refractivity contribution in [1.29, 1.82) is 0 Å². The lowest BCUT2D eigenvalue weighted by Gasteiger charge is -2.26. The third kappa shape index (κ3) is 5.16. The molecule has 0 aromatic carbocycles. The molecule has 0 spiro atoms. The lowest BCUT2D eigenvalue weighted by atomic mass is 10.1. The smallest absolute Gasteiger partial charge is 0.222 e. The van der Waals surface area contributed by atoms with Gasteiger partial charge in [-0.25, -0.2) is 0 Å². The van der Waals surface area contributed by atoms with Crippen LogP contribution in [-0.2, 0) is 9.53 Å². The first-order valence-corrected chi connectivity index (χ1v) is 4.68. The van der Waals surface area contributed by atoms with Crippen LogP contribution in [0.4, 0.5) is 0 Å². The highest BCUT2D eigenvalue weighted by Crippen LogP contribution is 2.01. The third-order valence-corrected chi connectivity index (χ3v) is 1.82. The van der Waals surface area contributed by atoms with Crippen LogP contribution in [-0.4, -0.2) is 48.1 Å². The van der Waals surface area contributed by atoms with E-state index in [9.17, 15) is 4.79 Å². The molecule has 0 aromatic rings. The Kier molecular flexibility index (Phi) is 6.44. The average Bonchev–Trinajstić information content (AvgIpc) is 2.18. The molecule has 0 heterocycles. The summed E-state index contributed by atoms with van der Waals surface area (Å²) in [5.41, 5.74) is -0.941. The fourth-order valence-electron chi connectivity index (χ4n) is 0.837. The Morgan fingerprint density at radius 3 is 2.43 bits per heavy atom. The summed E-state index contributed by atoms with van der Waals surface area (Å²) in [4.78, 5) is 11.2. The van der Waals surface area contributed by atoms with Gasteiger partial charge in [-0.1, -0.05) is 0 Å². The average molecular weight is 205 g/mol. The van der Waals surface area contributed by atoms with Gasteiger partial charge in [0.15, 0.2) is 0 Å². The number of aliphatic hydroxyl groups excluding tert-OH is 2. The second-order valence-corrected chi connectivity index (χ2v) is 3.37. The van der Waals surface area contributed by atoms with Crippen molar-refractivity contribution in [2.75, 3.05) is 26.4 Å². The maximum Gasteiger partial charge on any atom is 0.222 e. The van der Waals surface area contributed by atoms with E-state index in [-0.39, 0.29) is 25.5 Å². The predicted octanol–water partition coefficient (Wildman–Crippen LogP) is -0.727. The van der Waals surface area contributed by atoms with E-state index in [4.69, 9.17) is 14.9 Å². The fourth-order valence-corrected chi connectivity index (χ4v) is 0.837. The molecule has 0 aromatic heterocycles. The van der Waals surface area contributed by atoms with Gasteiger partial charge in [-0.3, -0.25) is 4.79 Å². The summed E-state index contributed by atoms with van der Waals surface area (Å²) in [5.74, 6) is -0.232. The van der Waals surface area contributed by atoms with Gasteiger partial charge in [0, 0.05) is 13.0 Å². The van der Waals surface area contributed by atoms with Crippen molar-refractivity contribution >= 4 is 5.91 Å². The van der Waals surface area contributed by atoms with E-state index in [1.165, 1.54) is 0 Å². The van der Waals surface area contributed by atoms with Crippen LogP contribution in [0.3, 0.4) is 0 Å². The first kappa shape index (κ1) is 13.4. The van der Waals surface area contributed by atoms with Gasteiger partial charge in [0.1, 0.15) is 0 Å². The first-order chi connectivity index (χ1) is 6.58. The largest absolute Gasteiger partial charge is 0.394 e. The molecule has 1 amide bonds. The summed E-state index contributed by atoms with van der Waals surface area (Å²) >= 11 is 0.